The van der Waals surface area contributed by atoms with E-state index in [0.717, 1.165) is 6.92 Å². The lowest BCUT2D eigenvalue weighted by Gasteiger charge is -2.37. The normalized spacial score (nSPS) is 19.6. The average molecular weight is 371 g/mol. The quantitative estimate of drug-likeness (QED) is 0.608. The van der Waals surface area contributed by atoms with Crippen molar-refractivity contribution in [3.05, 3.63) is 47.0 Å². The van der Waals surface area contributed by atoms with Crippen LogP contribution < -0.4 is 5.32 Å². The van der Waals surface area contributed by atoms with Crippen LogP contribution in [0.1, 0.15) is 38.7 Å². The molecule has 2 atom stereocenters. The zero-order valence-corrected chi connectivity index (χ0v) is 14.7. The zero-order chi connectivity index (χ0) is 19.6. The standard InChI is InChI=1S/C18H21F4N3O/c1-4-25-15(26)9-14(12-5-7-13(19)8-6-12)16(10(2)23)17(25)24-11(3)18(20,21)22/h5-8,11,14,23-24H,4,9H2,1-3H3. The lowest BCUT2D eigenvalue weighted by Crippen LogP contribution is -2.49. The minimum atomic E-state index is -4.50. The van der Waals surface area contributed by atoms with E-state index in [-0.39, 0.29) is 30.4 Å². The minimum Gasteiger partial charge on any atom is -0.360 e. The molecule has 142 valence electrons. The van der Waals surface area contributed by atoms with Gasteiger partial charge in [-0.05, 0) is 38.5 Å². The molecule has 1 amide bonds. The molecule has 1 aromatic rings. The van der Waals surface area contributed by atoms with Crippen LogP contribution in [0.2, 0.25) is 0 Å². The number of benzene rings is 1. The molecule has 0 aliphatic carbocycles. The Bertz CT molecular complexity index is 725. The van der Waals surface area contributed by atoms with Crippen LogP contribution >= 0.6 is 0 Å². The summed E-state index contributed by atoms with van der Waals surface area (Å²) >= 11 is 0. The van der Waals surface area contributed by atoms with Gasteiger partial charge in [0.15, 0.2) is 0 Å². The van der Waals surface area contributed by atoms with Gasteiger partial charge in [0.05, 0.1) is 0 Å². The first-order valence-electron chi connectivity index (χ1n) is 8.25. The number of nitrogens with zero attached hydrogens (tertiary/aromatic N) is 1. The Kier molecular flexibility index (Phi) is 5.73. The first-order chi connectivity index (χ1) is 12.1. The zero-order valence-electron chi connectivity index (χ0n) is 14.7. The molecule has 1 heterocycles. The topological polar surface area (TPSA) is 56.2 Å². The van der Waals surface area contributed by atoms with Crippen molar-refractivity contribution in [2.45, 2.75) is 45.3 Å². The van der Waals surface area contributed by atoms with Crippen LogP contribution in [0.3, 0.4) is 0 Å². The summed E-state index contributed by atoms with van der Waals surface area (Å²) in [6, 6.07) is 3.55. The van der Waals surface area contributed by atoms with Crippen molar-refractivity contribution in [3.63, 3.8) is 0 Å². The van der Waals surface area contributed by atoms with Crippen LogP contribution in [0.5, 0.6) is 0 Å². The lowest BCUT2D eigenvalue weighted by atomic mass is 9.82. The monoisotopic (exact) mass is 371 g/mol. The number of carbonyl (C=O) groups is 1. The molecule has 0 saturated heterocycles. The summed E-state index contributed by atoms with van der Waals surface area (Å²) in [5.41, 5.74) is 0.951. The molecule has 8 heteroatoms. The Morgan fingerprint density at radius 3 is 2.38 bits per heavy atom. The second-order valence-corrected chi connectivity index (χ2v) is 6.24. The Balaban J connectivity index is 2.58. The van der Waals surface area contributed by atoms with Gasteiger partial charge < -0.3 is 10.7 Å². The fourth-order valence-corrected chi connectivity index (χ4v) is 3.02. The molecule has 2 rings (SSSR count). The summed E-state index contributed by atoms with van der Waals surface area (Å²) in [5, 5.41) is 10.5. The highest BCUT2D eigenvalue weighted by molar-refractivity contribution is 6.00. The molecule has 0 aromatic heterocycles. The van der Waals surface area contributed by atoms with Gasteiger partial charge in [-0.25, -0.2) is 4.39 Å². The van der Waals surface area contributed by atoms with Crippen LogP contribution in [0.15, 0.2) is 35.7 Å². The molecule has 4 nitrogen and oxygen atoms in total. The Morgan fingerprint density at radius 1 is 1.35 bits per heavy atom. The van der Waals surface area contributed by atoms with Gasteiger partial charge in [-0.15, -0.1) is 0 Å². The highest BCUT2D eigenvalue weighted by Crippen LogP contribution is 2.37. The first kappa shape index (κ1) is 19.9. The minimum absolute atomic E-state index is 0.00426. The third-order valence-corrected chi connectivity index (χ3v) is 4.39. The maximum absolute atomic E-state index is 13.2. The fraction of sp³-hybridized carbons (Fsp3) is 0.444. The number of halogens is 4. The second kappa shape index (κ2) is 7.47. The van der Waals surface area contributed by atoms with Gasteiger partial charge >= 0.3 is 6.18 Å². The maximum Gasteiger partial charge on any atom is 0.408 e. The van der Waals surface area contributed by atoms with E-state index in [2.05, 4.69) is 5.32 Å². The molecule has 0 bridgehead atoms. The SMILES string of the molecule is CCN1C(=O)CC(c2ccc(F)cc2)C(C(C)=N)=C1NC(C)C(F)(F)F. The van der Waals surface area contributed by atoms with Gasteiger partial charge in [0.1, 0.15) is 17.7 Å². The van der Waals surface area contributed by atoms with E-state index >= 15 is 0 Å². The highest BCUT2D eigenvalue weighted by atomic mass is 19.4. The van der Waals surface area contributed by atoms with Crippen molar-refractivity contribution in [2.75, 3.05) is 6.54 Å². The summed E-state index contributed by atoms with van der Waals surface area (Å²) in [6.45, 7) is 4.27. The molecule has 0 spiro atoms. The van der Waals surface area contributed by atoms with E-state index < -0.39 is 24.0 Å². The molecule has 26 heavy (non-hydrogen) atoms. The van der Waals surface area contributed by atoms with E-state index in [1.54, 1.807) is 6.92 Å². The smallest absolute Gasteiger partial charge is 0.360 e. The number of rotatable bonds is 5. The molecule has 0 fully saturated rings. The van der Waals surface area contributed by atoms with E-state index in [0.29, 0.717) is 11.1 Å². The van der Waals surface area contributed by atoms with Gasteiger partial charge in [0.2, 0.25) is 5.91 Å². The molecular weight excluding hydrogens is 350 g/mol. The number of allylic oxidation sites excluding steroid dienone is 1. The van der Waals surface area contributed by atoms with E-state index in [1.807, 2.05) is 0 Å². The number of hydrogen-bond donors (Lipinski definition) is 2. The third kappa shape index (κ3) is 4.05. The van der Waals surface area contributed by atoms with Crippen LogP contribution in [0.25, 0.3) is 0 Å². The van der Waals surface area contributed by atoms with Crippen molar-refractivity contribution >= 4 is 11.6 Å². The van der Waals surface area contributed by atoms with Crippen LogP contribution in [-0.4, -0.2) is 35.3 Å². The number of amides is 1. The van der Waals surface area contributed by atoms with Gasteiger partial charge in [0, 0.05) is 30.2 Å². The summed E-state index contributed by atoms with van der Waals surface area (Å²) in [6.07, 6.45) is -4.49. The highest BCUT2D eigenvalue weighted by Gasteiger charge is 2.41. The van der Waals surface area contributed by atoms with Crippen LogP contribution in [0, 0.1) is 11.2 Å². The first-order valence-corrected chi connectivity index (χ1v) is 8.25. The van der Waals surface area contributed by atoms with Crippen molar-refractivity contribution in [1.29, 1.82) is 5.41 Å². The van der Waals surface area contributed by atoms with Gasteiger partial charge in [-0.1, -0.05) is 12.1 Å². The maximum atomic E-state index is 13.2. The summed E-state index contributed by atoms with van der Waals surface area (Å²) in [5.74, 6) is -1.40. The largest absolute Gasteiger partial charge is 0.408 e. The average Bonchev–Trinajstić information content (AvgIpc) is 2.54. The summed E-state index contributed by atoms with van der Waals surface area (Å²) in [4.78, 5) is 13.7. The van der Waals surface area contributed by atoms with E-state index in [4.69, 9.17) is 5.41 Å². The molecule has 0 radical (unpaired) electrons. The summed E-state index contributed by atoms with van der Waals surface area (Å²) in [7, 11) is 0. The number of alkyl halides is 3. The molecule has 1 aliphatic rings. The molecule has 0 saturated carbocycles. The Labute approximate surface area is 149 Å². The number of nitrogens with one attached hydrogen (secondary N) is 2. The van der Waals surface area contributed by atoms with Gasteiger partial charge in [0.25, 0.3) is 0 Å². The van der Waals surface area contributed by atoms with Crippen LogP contribution in [-0.2, 0) is 4.79 Å². The van der Waals surface area contributed by atoms with Crippen molar-refractivity contribution in [2.24, 2.45) is 0 Å². The second-order valence-electron chi connectivity index (χ2n) is 6.24. The van der Waals surface area contributed by atoms with Crippen molar-refractivity contribution in [3.8, 4) is 0 Å². The fourth-order valence-electron chi connectivity index (χ4n) is 3.02. The van der Waals surface area contributed by atoms with Gasteiger partial charge in [-0.3, -0.25) is 9.69 Å². The molecular formula is C18H21F4N3O. The number of hydrogen-bond acceptors (Lipinski definition) is 3. The van der Waals surface area contributed by atoms with Crippen LogP contribution in [0.4, 0.5) is 17.6 Å². The predicted molar refractivity (Wildman–Crippen MR) is 90.2 cm³/mol. The van der Waals surface area contributed by atoms with E-state index in [1.165, 1.54) is 36.1 Å². The molecule has 1 aromatic carbocycles. The predicted octanol–water partition coefficient (Wildman–Crippen LogP) is 3.95. The van der Waals surface area contributed by atoms with Crippen molar-refractivity contribution in [1.82, 2.24) is 10.2 Å². The molecule has 1 aliphatic heterocycles. The Morgan fingerprint density at radius 2 is 1.92 bits per heavy atom. The number of carbonyl (C=O) groups excluding carboxylic acids is 1. The molecule has 2 N–H and O–H groups in total. The van der Waals surface area contributed by atoms with Gasteiger partial charge in [-0.2, -0.15) is 13.2 Å². The van der Waals surface area contributed by atoms with Crippen molar-refractivity contribution < 1.29 is 22.4 Å². The van der Waals surface area contributed by atoms with E-state index in [9.17, 15) is 22.4 Å². The lowest BCUT2D eigenvalue weighted by molar-refractivity contribution is -0.152. The third-order valence-electron chi connectivity index (χ3n) is 4.39. The summed E-state index contributed by atoms with van der Waals surface area (Å²) < 4.78 is 52.3. The Hall–Kier alpha value is -2.38. The molecule has 2 unspecified atom stereocenters.